The molecule has 0 aliphatic heterocycles. The van der Waals surface area contributed by atoms with Crippen LogP contribution in [0.15, 0.2) is 106 Å². The number of benzene rings is 3. The minimum absolute atomic E-state index is 0.0901. The van der Waals surface area contributed by atoms with E-state index < -0.39 is 46.5 Å². The molecule has 0 saturated carbocycles. The lowest BCUT2D eigenvalue weighted by atomic mass is 10.2. The molecule has 39 heavy (non-hydrogen) atoms. The summed E-state index contributed by atoms with van der Waals surface area (Å²) < 4.78 is 156. The Hall–Kier alpha value is -3.33. The van der Waals surface area contributed by atoms with Gasteiger partial charge in [-0.05, 0) is 46.7 Å². The fourth-order valence-electron chi connectivity index (χ4n) is 3.18. The van der Waals surface area contributed by atoms with Gasteiger partial charge in [0.1, 0.15) is 0 Å². The third kappa shape index (κ3) is 5.41. The van der Waals surface area contributed by atoms with Crippen LogP contribution in [0.2, 0.25) is 0 Å². The molecule has 3 rings (SSSR count). The first-order valence-electron chi connectivity index (χ1n) is 10.4. The number of ether oxygens (including phenoxy) is 1. The molecule has 0 saturated heterocycles. The minimum Gasteiger partial charge on any atom is -0.397 e. The second-order valence-electron chi connectivity index (χ2n) is 7.65. The van der Waals surface area contributed by atoms with Crippen molar-refractivity contribution >= 4 is 16.3 Å². The highest BCUT2D eigenvalue weighted by Gasteiger charge is 2.80. The van der Waals surface area contributed by atoms with Gasteiger partial charge in [-0.25, -0.2) is 4.79 Å². The molecule has 0 heterocycles. The standard InChI is InChI=1S/C24H15F11O3S/c25-20(22(28,29)30,38-24(34,35)21(26,27)23(31,32)33)19(36)37-39(16-10-4-1-5-11-16,17-12-6-2-7-13-17)18-14-8-3-9-15-18/h1-15H. The van der Waals surface area contributed by atoms with E-state index in [0.29, 0.717) is 0 Å². The predicted octanol–water partition coefficient (Wildman–Crippen LogP) is 8.46. The third-order valence-corrected chi connectivity index (χ3v) is 8.25. The van der Waals surface area contributed by atoms with Gasteiger partial charge in [-0.1, -0.05) is 54.6 Å². The smallest absolute Gasteiger partial charge is 0.397 e. The molecule has 1 unspecified atom stereocenters. The van der Waals surface area contributed by atoms with Gasteiger partial charge in [0.2, 0.25) is 0 Å². The fourth-order valence-corrected chi connectivity index (χ4v) is 6.24. The summed E-state index contributed by atoms with van der Waals surface area (Å²) in [5.41, 5.74) is 0. The molecule has 0 aliphatic rings. The van der Waals surface area contributed by atoms with E-state index in [4.69, 9.17) is 4.18 Å². The maximum absolute atomic E-state index is 15.2. The fraction of sp³-hybridized carbons (Fsp3) is 0.208. The van der Waals surface area contributed by atoms with E-state index >= 15 is 4.39 Å². The van der Waals surface area contributed by atoms with Crippen molar-refractivity contribution in [1.29, 1.82) is 0 Å². The Kier molecular flexibility index (Phi) is 8.01. The predicted molar refractivity (Wildman–Crippen MR) is 115 cm³/mol. The Bertz CT molecular complexity index is 1170. The van der Waals surface area contributed by atoms with Crippen molar-refractivity contribution in [3.63, 3.8) is 0 Å². The molecule has 0 amide bonds. The maximum atomic E-state index is 15.2. The first-order valence-corrected chi connectivity index (χ1v) is 12.0. The summed E-state index contributed by atoms with van der Waals surface area (Å²) in [6.45, 7) is 0. The third-order valence-electron chi connectivity index (χ3n) is 5.04. The van der Waals surface area contributed by atoms with Gasteiger partial charge in [-0.2, -0.15) is 48.3 Å². The average molecular weight is 592 g/mol. The van der Waals surface area contributed by atoms with E-state index in [2.05, 4.69) is 4.74 Å². The number of carbonyl (C=O) groups is 1. The van der Waals surface area contributed by atoms with Gasteiger partial charge in [0.15, 0.2) is 0 Å². The summed E-state index contributed by atoms with van der Waals surface area (Å²) in [5.74, 6) is -17.1. The van der Waals surface area contributed by atoms with E-state index in [0.717, 1.165) is 0 Å². The molecule has 3 nitrogen and oxygen atoms in total. The molecule has 0 bridgehead atoms. The molecule has 0 spiro atoms. The van der Waals surface area contributed by atoms with Crippen molar-refractivity contribution in [2.24, 2.45) is 0 Å². The molecule has 15 heteroatoms. The van der Waals surface area contributed by atoms with Gasteiger partial charge in [0, 0.05) is 14.7 Å². The van der Waals surface area contributed by atoms with Crippen LogP contribution in [0.3, 0.4) is 0 Å². The van der Waals surface area contributed by atoms with Crippen LogP contribution in [0.4, 0.5) is 48.3 Å². The quantitative estimate of drug-likeness (QED) is 0.246. The van der Waals surface area contributed by atoms with Crippen molar-refractivity contribution in [2.75, 3.05) is 0 Å². The number of carbonyl (C=O) groups excluding carboxylic acids is 1. The molecule has 212 valence electrons. The molecule has 0 radical (unpaired) electrons. The average Bonchev–Trinajstić information content (AvgIpc) is 2.87. The summed E-state index contributed by atoms with van der Waals surface area (Å²) in [6.07, 6.45) is -21.3. The number of alkyl halides is 11. The molecule has 0 aliphatic carbocycles. The molecule has 3 aromatic rings. The zero-order valence-electron chi connectivity index (χ0n) is 19.0. The molecule has 0 aromatic heterocycles. The lowest BCUT2D eigenvalue weighted by molar-refractivity contribution is -0.474. The first-order chi connectivity index (χ1) is 17.9. The molecular weight excluding hydrogens is 577 g/mol. The number of hydrogen-bond donors (Lipinski definition) is 0. The van der Waals surface area contributed by atoms with Gasteiger partial charge in [0.05, 0.1) is 0 Å². The van der Waals surface area contributed by atoms with Crippen LogP contribution in [-0.4, -0.2) is 36.2 Å². The van der Waals surface area contributed by atoms with Crippen molar-refractivity contribution < 1.29 is 62.0 Å². The highest BCUT2D eigenvalue weighted by Crippen LogP contribution is 2.70. The van der Waals surface area contributed by atoms with E-state index in [-0.39, 0.29) is 14.7 Å². The van der Waals surface area contributed by atoms with Crippen molar-refractivity contribution in [1.82, 2.24) is 0 Å². The largest absolute Gasteiger partial charge is 0.462 e. The van der Waals surface area contributed by atoms with Gasteiger partial charge in [0.25, 0.3) is 0 Å². The van der Waals surface area contributed by atoms with Crippen LogP contribution in [0.1, 0.15) is 0 Å². The second-order valence-corrected chi connectivity index (χ2v) is 10.3. The Morgan fingerprint density at radius 1 is 0.538 bits per heavy atom. The molecule has 0 fully saturated rings. The van der Waals surface area contributed by atoms with E-state index in [1.807, 2.05) is 0 Å². The number of rotatable bonds is 8. The highest BCUT2D eigenvalue weighted by molar-refractivity contribution is 8.30. The number of halogens is 11. The summed E-state index contributed by atoms with van der Waals surface area (Å²) >= 11 is 0. The summed E-state index contributed by atoms with van der Waals surface area (Å²) in [6, 6.07) is 19.9. The van der Waals surface area contributed by atoms with E-state index in [1.165, 1.54) is 91.0 Å². The summed E-state index contributed by atoms with van der Waals surface area (Å²) in [4.78, 5) is 12.6. The van der Waals surface area contributed by atoms with Crippen LogP contribution >= 0.6 is 10.3 Å². The van der Waals surface area contributed by atoms with Gasteiger partial charge in [-0.15, -0.1) is 0 Å². The maximum Gasteiger partial charge on any atom is 0.462 e. The topological polar surface area (TPSA) is 35.5 Å². The Labute approximate surface area is 214 Å². The molecule has 3 aromatic carbocycles. The SMILES string of the molecule is O=C(OS(c1ccccc1)(c1ccccc1)c1ccccc1)C(F)(OC(F)(F)C(F)(F)C(F)(F)F)C(F)(F)F. The Morgan fingerprint density at radius 2 is 0.872 bits per heavy atom. The van der Waals surface area contributed by atoms with Crippen LogP contribution in [0.25, 0.3) is 0 Å². The minimum atomic E-state index is -7.33. The van der Waals surface area contributed by atoms with Gasteiger partial charge in [-0.3, -0.25) is 4.74 Å². The Balaban J connectivity index is 2.25. The highest BCUT2D eigenvalue weighted by atomic mass is 32.3. The molecule has 0 N–H and O–H groups in total. The van der Waals surface area contributed by atoms with Gasteiger partial charge < -0.3 is 4.18 Å². The van der Waals surface area contributed by atoms with Crippen LogP contribution in [-0.2, 0) is 13.7 Å². The van der Waals surface area contributed by atoms with Crippen molar-refractivity contribution in [3.8, 4) is 0 Å². The molecule has 1 atom stereocenters. The second kappa shape index (κ2) is 10.3. The lowest BCUT2D eigenvalue weighted by Crippen LogP contribution is -2.61. The molecular formula is C24H15F11O3S. The van der Waals surface area contributed by atoms with Crippen LogP contribution in [0, 0.1) is 0 Å². The monoisotopic (exact) mass is 592 g/mol. The Morgan fingerprint density at radius 3 is 1.15 bits per heavy atom. The van der Waals surface area contributed by atoms with Crippen LogP contribution < -0.4 is 0 Å². The van der Waals surface area contributed by atoms with E-state index in [1.54, 1.807) is 0 Å². The lowest BCUT2D eigenvalue weighted by Gasteiger charge is -2.42. The zero-order chi connectivity index (χ0) is 29.3. The normalized spacial score (nSPS) is 15.4. The zero-order valence-corrected chi connectivity index (χ0v) is 19.8. The van der Waals surface area contributed by atoms with Crippen molar-refractivity contribution in [3.05, 3.63) is 91.0 Å². The van der Waals surface area contributed by atoms with Crippen LogP contribution in [0.5, 0.6) is 0 Å². The van der Waals surface area contributed by atoms with Gasteiger partial charge >= 0.3 is 36.2 Å². The van der Waals surface area contributed by atoms with Crippen molar-refractivity contribution in [2.45, 2.75) is 44.9 Å². The number of hydrogen-bond acceptors (Lipinski definition) is 3. The van der Waals surface area contributed by atoms with E-state index in [9.17, 15) is 48.7 Å². The first kappa shape index (κ1) is 30.2. The summed E-state index contributed by atoms with van der Waals surface area (Å²) in [5, 5.41) is 0. The summed E-state index contributed by atoms with van der Waals surface area (Å²) in [7, 11) is -3.82.